The van der Waals surface area contributed by atoms with E-state index in [1.165, 1.54) is 0 Å². The summed E-state index contributed by atoms with van der Waals surface area (Å²) < 4.78 is 0. The van der Waals surface area contributed by atoms with E-state index in [0.29, 0.717) is 34.7 Å². The molecule has 2 amide bonds. The summed E-state index contributed by atoms with van der Waals surface area (Å²) in [5.74, 6) is -3.56. The highest BCUT2D eigenvalue weighted by Crippen LogP contribution is 2.56. The van der Waals surface area contributed by atoms with Crippen LogP contribution in [0.4, 0.5) is 5.69 Å². The van der Waals surface area contributed by atoms with Gasteiger partial charge in [0.05, 0.1) is 5.41 Å². The molecule has 9 heteroatoms. The van der Waals surface area contributed by atoms with Crippen LogP contribution in [-0.4, -0.2) is 40.0 Å². The molecule has 2 unspecified atom stereocenters. The van der Waals surface area contributed by atoms with E-state index >= 15 is 0 Å². The third kappa shape index (κ3) is 5.48. The number of hydrogen-bond acceptors (Lipinski definition) is 4. The minimum atomic E-state index is -1.19. The SMILES string of the molecule is CC1(C(=O)O)CCC(C(=O)N[C@@H](Cc2ccc(NC(=O)c3cccc(Cl)c3)cc2)C(=O)O)C1(C)C. The molecule has 0 radical (unpaired) electrons. The van der Waals surface area contributed by atoms with Crippen LogP contribution in [0.5, 0.6) is 0 Å². The van der Waals surface area contributed by atoms with Gasteiger partial charge in [0.15, 0.2) is 0 Å². The number of carbonyl (C=O) groups is 4. The number of halogens is 1. The highest BCUT2D eigenvalue weighted by atomic mass is 35.5. The lowest BCUT2D eigenvalue weighted by Crippen LogP contribution is -2.49. The van der Waals surface area contributed by atoms with Crippen LogP contribution in [0.1, 0.15) is 49.5 Å². The van der Waals surface area contributed by atoms with Gasteiger partial charge in [-0.1, -0.05) is 43.6 Å². The number of nitrogens with one attached hydrogen (secondary N) is 2. The molecule has 8 nitrogen and oxygen atoms in total. The number of carboxylic acid groups (broad SMARTS) is 2. The van der Waals surface area contributed by atoms with Crippen molar-refractivity contribution in [1.82, 2.24) is 5.32 Å². The molecule has 0 aliphatic heterocycles. The van der Waals surface area contributed by atoms with Gasteiger partial charge in [-0.25, -0.2) is 4.79 Å². The highest BCUT2D eigenvalue weighted by Gasteiger charge is 2.58. The maximum atomic E-state index is 13.0. The van der Waals surface area contributed by atoms with Gasteiger partial charge in [-0.3, -0.25) is 14.4 Å². The lowest BCUT2D eigenvalue weighted by molar-refractivity contribution is -0.155. The molecule has 1 saturated carbocycles. The molecule has 4 N–H and O–H groups in total. The second-order valence-electron chi connectivity index (χ2n) is 9.72. The quantitative estimate of drug-likeness (QED) is 0.428. The zero-order valence-corrected chi connectivity index (χ0v) is 20.6. The van der Waals surface area contributed by atoms with Crippen LogP contribution in [0.3, 0.4) is 0 Å². The Morgan fingerprint density at radius 1 is 1.06 bits per heavy atom. The van der Waals surface area contributed by atoms with E-state index in [9.17, 15) is 29.4 Å². The third-order valence-corrected chi connectivity index (χ3v) is 7.60. The minimum Gasteiger partial charge on any atom is -0.481 e. The molecule has 2 aromatic carbocycles. The summed E-state index contributed by atoms with van der Waals surface area (Å²) in [4.78, 5) is 49.0. The van der Waals surface area contributed by atoms with Crippen molar-refractivity contribution in [3.05, 3.63) is 64.7 Å². The maximum absolute atomic E-state index is 13.0. The average Bonchev–Trinajstić information content (AvgIpc) is 3.04. The van der Waals surface area contributed by atoms with Gasteiger partial charge in [0, 0.05) is 28.6 Å². The summed E-state index contributed by atoms with van der Waals surface area (Å²) in [5.41, 5.74) is -0.327. The molecular weight excluding hydrogens is 472 g/mol. The van der Waals surface area contributed by atoms with Crippen LogP contribution in [0.2, 0.25) is 5.02 Å². The molecule has 0 bridgehead atoms. The minimum absolute atomic E-state index is 0.0347. The second kappa shape index (κ2) is 10.1. The average molecular weight is 501 g/mol. The van der Waals surface area contributed by atoms with Gasteiger partial charge in [0.1, 0.15) is 6.04 Å². The first-order valence-electron chi connectivity index (χ1n) is 11.3. The van der Waals surface area contributed by atoms with Gasteiger partial charge in [0.2, 0.25) is 5.91 Å². The largest absolute Gasteiger partial charge is 0.481 e. The topological polar surface area (TPSA) is 133 Å². The molecule has 3 rings (SSSR count). The van der Waals surface area contributed by atoms with E-state index in [2.05, 4.69) is 10.6 Å². The van der Waals surface area contributed by atoms with Crippen LogP contribution in [0, 0.1) is 16.7 Å². The first-order chi connectivity index (χ1) is 16.3. The normalized spacial score (nSPS) is 21.7. The predicted molar refractivity (Wildman–Crippen MR) is 131 cm³/mol. The van der Waals surface area contributed by atoms with Crippen LogP contribution >= 0.6 is 11.6 Å². The Hall–Kier alpha value is -3.39. The first kappa shape index (κ1) is 26.2. The van der Waals surface area contributed by atoms with E-state index < -0.39 is 40.6 Å². The van der Waals surface area contributed by atoms with E-state index in [1.807, 2.05) is 0 Å². The van der Waals surface area contributed by atoms with Crippen molar-refractivity contribution < 1.29 is 29.4 Å². The molecule has 0 heterocycles. The monoisotopic (exact) mass is 500 g/mol. The number of anilines is 1. The van der Waals surface area contributed by atoms with Crippen molar-refractivity contribution in [2.45, 2.75) is 46.1 Å². The van der Waals surface area contributed by atoms with Gasteiger partial charge in [-0.2, -0.15) is 0 Å². The Labute approximate surface area is 208 Å². The Kier molecular flexibility index (Phi) is 7.55. The fourth-order valence-electron chi connectivity index (χ4n) is 4.61. The van der Waals surface area contributed by atoms with Crippen LogP contribution in [0.15, 0.2) is 48.5 Å². The number of carbonyl (C=O) groups excluding carboxylic acids is 2. The zero-order valence-electron chi connectivity index (χ0n) is 19.8. The summed E-state index contributed by atoms with van der Waals surface area (Å²) in [5, 5.41) is 25.2. The smallest absolute Gasteiger partial charge is 0.326 e. The molecule has 3 atom stereocenters. The molecule has 1 aliphatic rings. The van der Waals surface area contributed by atoms with E-state index in [-0.39, 0.29) is 12.3 Å². The summed E-state index contributed by atoms with van der Waals surface area (Å²) in [7, 11) is 0. The zero-order chi connectivity index (χ0) is 26.0. The van der Waals surface area contributed by atoms with Gasteiger partial charge >= 0.3 is 11.9 Å². The molecule has 0 aromatic heterocycles. The molecule has 35 heavy (non-hydrogen) atoms. The van der Waals surface area contributed by atoms with Crippen LogP contribution in [-0.2, 0) is 20.8 Å². The highest BCUT2D eigenvalue weighted by molar-refractivity contribution is 6.31. The molecule has 1 aliphatic carbocycles. The van der Waals surface area contributed by atoms with Crippen molar-refractivity contribution >= 4 is 41.0 Å². The first-order valence-corrected chi connectivity index (χ1v) is 11.7. The van der Waals surface area contributed by atoms with Crippen molar-refractivity contribution in [1.29, 1.82) is 0 Å². The molecule has 2 aromatic rings. The number of carboxylic acids is 2. The number of aliphatic carboxylic acids is 2. The Balaban J connectivity index is 1.65. The standard InChI is InChI=1S/C26H29ClN2O6/c1-25(2)19(11-12-26(25,3)24(34)35)22(31)29-20(23(32)33)13-15-7-9-18(10-8-15)28-21(30)16-5-4-6-17(27)14-16/h4-10,14,19-20H,11-13H2,1-3H3,(H,28,30)(H,29,31)(H,32,33)(H,34,35)/t19?,20-,26?/m0/s1. The summed E-state index contributed by atoms with van der Waals surface area (Å²) in [6.45, 7) is 5.11. The number of benzene rings is 2. The molecule has 186 valence electrons. The Morgan fingerprint density at radius 3 is 2.26 bits per heavy atom. The molecule has 1 fully saturated rings. The van der Waals surface area contributed by atoms with Gasteiger partial charge in [0.25, 0.3) is 5.91 Å². The summed E-state index contributed by atoms with van der Waals surface area (Å²) >= 11 is 5.92. The number of hydrogen-bond donors (Lipinski definition) is 4. The lowest BCUT2D eigenvalue weighted by Gasteiger charge is -2.38. The number of amides is 2. The fraction of sp³-hybridized carbons (Fsp3) is 0.385. The van der Waals surface area contributed by atoms with Crippen molar-refractivity contribution in [3.63, 3.8) is 0 Å². The fourth-order valence-corrected chi connectivity index (χ4v) is 4.80. The number of rotatable bonds is 8. The third-order valence-electron chi connectivity index (χ3n) is 7.37. The van der Waals surface area contributed by atoms with Crippen LogP contribution in [0.25, 0.3) is 0 Å². The summed E-state index contributed by atoms with van der Waals surface area (Å²) in [6.07, 6.45) is 0.745. The van der Waals surface area contributed by atoms with Crippen molar-refractivity contribution in [3.8, 4) is 0 Å². The van der Waals surface area contributed by atoms with E-state index in [1.54, 1.807) is 69.3 Å². The van der Waals surface area contributed by atoms with Gasteiger partial charge < -0.3 is 20.8 Å². The molecule has 0 saturated heterocycles. The van der Waals surface area contributed by atoms with Crippen LogP contribution < -0.4 is 10.6 Å². The lowest BCUT2D eigenvalue weighted by atomic mass is 9.65. The molecular formula is C26H29ClN2O6. The summed E-state index contributed by atoms with van der Waals surface area (Å²) in [6, 6.07) is 12.0. The predicted octanol–water partition coefficient (Wildman–Crippen LogP) is 4.23. The maximum Gasteiger partial charge on any atom is 0.326 e. The Bertz CT molecular complexity index is 1150. The Morgan fingerprint density at radius 2 is 1.71 bits per heavy atom. The molecule has 0 spiro atoms. The van der Waals surface area contributed by atoms with Crippen molar-refractivity contribution in [2.24, 2.45) is 16.7 Å². The van der Waals surface area contributed by atoms with Crippen molar-refractivity contribution in [2.75, 3.05) is 5.32 Å². The van der Waals surface area contributed by atoms with E-state index in [0.717, 1.165) is 0 Å². The second-order valence-corrected chi connectivity index (χ2v) is 10.2. The van der Waals surface area contributed by atoms with E-state index in [4.69, 9.17) is 11.6 Å². The van der Waals surface area contributed by atoms with Gasteiger partial charge in [-0.15, -0.1) is 0 Å². The van der Waals surface area contributed by atoms with Gasteiger partial charge in [-0.05, 0) is 61.1 Å².